The molecule has 0 saturated heterocycles. The molecule has 0 radical (unpaired) electrons. The van der Waals surface area contributed by atoms with Gasteiger partial charge in [-0.05, 0) is 19.9 Å². The number of hydrogen-bond donors (Lipinski definition) is 1. The number of aromatic nitrogens is 3. The number of rotatable bonds is 0. The number of hydrogen-bond acceptors (Lipinski definition) is 3. The maximum absolute atomic E-state index is 10.9. The zero-order chi connectivity index (χ0) is 12.2. The number of carboxylic acid groups (broad SMARTS) is 1. The van der Waals surface area contributed by atoms with Gasteiger partial charge in [-0.2, -0.15) is 5.10 Å². The lowest BCUT2D eigenvalue weighted by molar-refractivity contribution is 0.144. The molecule has 2 aromatic rings. The first-order valence-corrected chi connectivity index (χ1v) is 5.39. The Balaban J connectivity index is 2.18. The van der Waals surface area contributed by atoms with E-state index in [1.54, 1.807) is 4.52 Å². The number of aryl methyl sites for hydroxylation is 2. The Morgan fingerprint density at radius 3 is 2.88 bits per heavy atom. The third-order valence-corrected chi connectivity index (χ3v) is 3.03. The standard InChI is InChI=1S/C11H12N4O2/c1-6-3-7(2)15-10(12-6)8-4-14(11(16)17)5-9(8)13-15/h3H,4-5H2,1-2H3,(H,16,17). The van der Waals surface area contributed by atoms with Gasteiger partial charge in [0.25, 0.3) is 0 Å². The fourth-order valence-corrected chi connectivity index (χ4v) is 2.26. The second kappa shape index (κ2) is 3.19. The van der Waals surface area contributed by atoms with Crippen LogP contribution in [0.4, 0.5) is 4.79 Å². The summed E-state index contributed by atoms with van der Waals surface area (Å²) in [6, 6.07) is 1.96. The van der Waals surface area contributed by atoms with Crippen molar-refractivity contribution in [3.05, 3.63) is 28.7 Å². The number of amides is 1. The highest BCUT2D eigenvalue weighted by atomic mass is 16.4. The molecule has 3 heterocycles. The summed E-state index contributed by atoms with van der Waals surface area (Å²) >= 11 is 0. The van der Waals surface area contributed by atoms with Crippen LogP contribution in [-0.4, -0.2) is 30.7 Å². The first-order valence-electron chi connectivity index (χ1n) is 5.39. The minimum absolute atomic E-state index is 0.354. The van der Waals surface area contributed by atoms with Gasteiger partial charge in [0, 0.05) is 17.0 Å². The van der Waals surface area contributed by atoms with Crippen molar-refractivity contribution < 1.29 is 9.90 Å². The van der Waals surface area contributed by atoms with E-state index >= 15 is 0 Å². The van der Waals surface area contributed by atoms with E-state index in [2.05, 4.69) is 10.1 Å². The zero-order valence-corrected chi connectivity index (χ0v) is 9.64. The van der Waals surface area contributed by atoms with Crippen LogP contribution < -0.4 is 0 Å². The van der Waals surface area contributed by atoms with E-state index in [9.17, 15) is 4.79 Å². The zero-order valence-electron chi connectivity index (χ0n) is 9.64. The average Bonchev–Trinajstić information content (AvgIpc) is 2.76. The SMILES string of the molecule is Cc1cc(C)n2nc3c(c2n1)CN(C(=O)O)C3. The molecule has 0 atom stereocenters. The van der Waals surface area contributed by atoms with Gasteiger partial charge >= 0.3 is 6.09 Å². The van der Waals surface area contributed by atoms with Crippen molar-refractivity contribution in [2.75, 3.05) is 0 Å². The molecule has 1 aliphatic rings. The van der Waals surface area contributed by atoms with Crippen LogP contribution in [0, 0.1) is 13.8 Å². The highest BCUT2D eigenvalue weighted by molar-refractivity contribution is 5.68. The molecule has 0 saturated carbocycles. The molecule has 6 nitrogen and oxygen atoms in total. The monoisotopic (exact) mass is 232 g/mol. The van der Waals surface area contributed by atoms with Crippen molar-refractivity contribution in [3.8, 4) is 0 Å². The molecule has 6 heteroatoms. The van der Waals surface area contributed by atoms with Crippen LogP contribution in [-0.2, 0) is 13.1 Å². The van der Waals surface area contributed by atoms with E-state index in [4.69, 9.17) is 5.11 Å². The van der Waals surface area contributed by atoms with E-state index < -0.39 is 6.09 Å². The molecule has 1 amide bonds. The molecule has 0 fully saturated rings. The Bertz CT molecular complexity index is 632. The van der Waals surface area contributed by atoms with Crippen molar-refractivity contribution in [1.29, 1.82) is 0 Å². The van der Waals surface area contributed by atoms with Crippen LogP contribution >= 0.6 is 0 Å². The fourth-order valence-electron chi connectivity index (χ4n) is 2.26. The van der Waals surface area contributed by atoms with E-state index in [0.29, 0.717) is 13.1 Å². The lowest BCUT2D eigenvalue weighted by atomic mass is 10.3. The molecule has 3 rings (SSSR count). The van der Waals surface area contributed by atoms with Crippen LogP contribution in [0.3, 0.4) is 0 Å². The smallest absolute Gasteiger partial charge is 0.407 e. The highest BCUT2D eigenvalue weighted by Gasteiger charge is 2.28. The van der Waals surface area contributed by atoms with Crippen molar-refractivity contribution in [1.82, 2.24) is 19.5 Å². The minimum atomic E-state index is -0.912. The van der Waals surface area contributed by atoms with Gasteiger partial charge in [-0.3, -0.25) is 4.90 Å². The predicted octanol–water partition coefficient (Wildman–Crippen LogP) is 1.34. The van der Waals surface area contributed by atoms with Gasteiger partial charge in [0.2, 0.25) is 0 Å². The van der Waals surface area contributed by atoms with E-state index in [1.165, 1.54) is 4.90 Å². The van der Waals surface area contributed by atoms with Crippen molar-refractivity contribution in [2.45, 2.75) is 26.9 Å². The maximum Gasteiger partial charge on any atom is 0.407 e. The molecule has 0 aliphatic carbocycles. The molecule has 2 aromatic heterocycles. The van der Waals surface area contributed by atoms with E-state index in [0.717, 1.165) is 28.3 Å². The average molecular weight is 232 g/mol. The second-order valence-electron chi connectivity index (χ2n) is 4.34. The Kier molecular flexibility index (Phi) is 1.89. The van der Waals surface area contributed by atoms with Gasteiger partial charge in [-0.1, -0.05) is 0 Å². The molecule has 0 aromatic carbocycles. The first-order chi connectivity index (χ1) is 8.06. The molecule has 1 aliphatic heterocycles. The number of carbonyl (C=O) groups is 1. The Labute approximate surface area is 97.5 Å². The molecule has 0 spiro atoms. The van der Waals surface area contributed by atoms with Crippen molar-refractivity contribution in [3.63, 3.8) is 0 Å². The Morgan fingerprint density at radius 2 is 2.18 bits per heavy atom. The topological polar surface area (TPSA) is 70.7 Å². The summed E-state index contributed by atoms with van der Waals surface area (Å²) in [4.78, 5) is 16.7. The molecular weight excluding hydrogens is 220 g/mol. The maximum atomic E-state index is 10.9. The number of fused-ring (bicyclic) bond motifs is 3. The first kappa shape index (κ1) is 10.1. The van der Waals surface area contributed by atoms with Crippen LogP contribution in [0.5, 0.6) is 0 Å². The summed E-state index contributed by atoms with van der Waals surface area (Å²) in [5.74, 6) is 0. The molecule has 1 N–H and O–H groups in total. The van der Waals surface area contributed by atoms with Crippen molar-refractivity contribution >= 4 is 11.7 Å². The molecule has 0 unspecified atom stereocenters. The summed E-state index contributed by atoms with van der Waals surface area (Å²) in [6.45, 7) is 4.63. The van der Waals surface area contributed by atoms with Gasteiger partial charge in [0.05, 0.1) is 18.8 Å². The summed E-state index contributed by atoms with van der Waals surface area (Å²) in [5, 5.41) is 13.4. The quantitative estimate of drug-likeness (QED) is 0.744. The predicted molar refractivity (Wildman–Crippen MR) is 59.7 cm³/mol. The minimum Gasteiger partial charge on any atom is -0.465 e. The summed E-state index contributed by atoms with van der Waals surface area (Å²) in [6.07, 6.45) is -0.912. The Hall–Kier alpha value is -2.11. The third-order valence-electron chi connectivity index (χ3n) is 3.03. The Morgan fingerprint density at radius 1 is 1.41 bits per heavy atom. The fraction of sp³-hybridized carbons (Fsp3) is 0.364. The second-order valence-corrected chi connectivity index (χ2v) is 4.34. The van der Waals surface area contributed by atoms with Gasteiger partial charge < -0.3 is 5.11 Å². The van der Waals surface area contributed by atoms with Crippen LogP contribution in [0.25, 0.3) is 5.65 Å². The van der Waals surface area contributed by atoms with Crippen LogP contribution in [0.2, 0.25) is 0 Å². The highest BCUT2D eigenvalue weighted by Crippen LogP contribution is 2.25. The molecule has 17 heavy (non-hydrogen) atoms. The van der Waals surface area contributed by atoms with Crippen LogP contribution in [0.15, 0.2) is 6.07 Å². The molecule has 88 valence electrons. The van der Waals surface area contributed by atoms with E-state index in [-0.39, 0.29) is 0 Å². The third kappa shape index (κ3) is 1.37. The molecule has 0 bridgehead atoms. The largest absolute Gasteiger partial charge is 0.465 e. The summed E-state index contributed by atoms with van der Waals surface area (Å²) < 4.78 is 1.79. The summed E-state index contributed by atoms with van der Waals surface area (Å²) in [5.41, 5.74) is 4.46. The van der Waals surface area contributed by atoms with Gasteiger partial charge in [0.15, 0.2) is 5.65 Å². The number of nitrogens with zero attached hydrogens (tertiary/aromatic N) is 4. The van der Waals surface area contributed by atoms with Gasteiger partial charge in [-0.25, -0.2) is 14.3 Å². The van der Waals surface area contributed by atoms with Crippen LogP contribution in [0.1, 0.15) is 22.6 Å². The van der Waals surface area contributed by atoms with Gasteiger partial charge in [0.1, 0.15) is 0 Å². The van der Waals surface area contributed by atoms with E-state index in [1.807, 2.05) is 19.9 Å². The normalized spacial score (nSPS) is 14.4. The molecular formula is C11H12N4O2. The lowest BCUT2D eigenvalue weighted by Crippen LogP contribution is -2.23. The van der Waals surface area contributed by atoms with Crippen molar-refractivity contribution in [2.24, 2.45) is 0 Å². The lowest BCUT2D eigenvalue weighted by Gasteiger charge is -2.10. The summed E-state index contributed by atoms with van der Waals surface area (Å²) in [7, 11) is 0. The van der Waals surface area contributed by atoms with Gasteiger partial charge in [-0.15, -0.1) is 0 Å².